The highest BCUT2D eigenvalue weighted by atomic mass is 16.5. The number of esters is 2. The van der Waals surface area contributed by atoms with Crippen molar-refractivity contribution in [2.75, 3.05) is 13.2 Å². The van der Waals surface area contributed by atoms with Crippen molar-refractivity contribution in [2.24, 2.45) is 11.8 Å². The van der Waals surface area contributed by atoms with E-state index in [0.717, 1.165) is 57.8 Å². The summed E-state index contributed by atoms with van der Waals surface area (Å²) in [6.07, 6.45) is 24.6. The van der Waals surface area contributed by atoms with Crippen LogP contribution in [0.2, 0.25) is 0 Å². The van der Waals surface area contributed by atoms with E-state index in [-0.39, 0.29) is 30.7 Å². The molecule has 0 aromatic heterocycles. The van der Waals surface area contributed by atoms with Gasteiger partial charge in [-0.15, -0.1) is 0 Å². The Morgan fingerprint density at radius 3 is 1.87 bits per heavy atom. The van der Waals surface area contributed by atoms with Gasteiger partial charge in [-0.3, -0.25) is 14.4 Å². The van der Waals surface area contributed by atoms with Gasteiger partial charge in [-0.25, -0.2) is 0 Å². The summed E-state index contributed by atoms with van der Waals surface area (Å²) in [5.41, 5.74) is 0. The molecule has 0 aliphatic rings. The van der Waals surface area contributed by atoms with E-state index in [4.69, 9.17) is 14.6 Å². The molecule has 6 heteroatoms. The second kappa shape index (κ2) is 27.7. The number of unbranched alkanes of at least 4 members (excludes halogenated alkanes) is 11. The number of carboxylic acids is 1. The lowest BCUT2D eigenvalue weighted by molar-refractivity contribution is -0.146. The fraction of sp³-hybridized carbons (Fsp3) is 0.848. The highest BCUT2D eigenvalue weighted by molar-refractivity contribution is 5.70. The smallest absolute Gasteiger partial charge is 0.305 e. The van der Waals surface area contributed by atoms with Gasteiger partial charge in [0.15, 0.2) is 0 Å². The predicted octanol–water partition coefficient (Wildman–Crippen LogP) is 9.20. The van der Waals surface area contributed by atoms with Crippen molar-refractivity contribution in [1.29, 1.82) is 0 Å². The Kier molecular flexibility index (Phi) is 26.4. The third-order valence-corrected chi connectivity index (χ3v) is 7.34. The number of hydrogen-bond donors (Lipinski definition) is 1. The molecule has 0 aromatic rings. The van der Waals surface area contributed by atoms with E-state index in [1.807, 2.05) is 0 Å². The van der Waals surface area contributed by atoms with Gasteiger partial charge in [0.25, 0.3) is 0 Å². The summed E-state index contributed by atoms with van der Waals surface area (Å²) in [6, 6.07) is 0. The average molecular weight is 553 g/mol. The maximum atomic E-state index is 12.1. The van der Waals surface area contributed by atoms with Crippen molar-refractivity contribution < 1.29 is 29.0 Å². The van der Waals surface area contributed by atoms with Gasteiger partial charge in [-0.05, 0) is 50.9 Å². The van der Waals surface area contributed by atoms with Gasteiger partial charge in [0.2, 0.25) is 0 Å². The molecular formula is C33H60O6. The van der Waals surface area contributed by atoms with E-state index in [9.17, 15) is 14.4 Å². The first kappa shape index (κ1) is 37.1. The third-order valence-electron chi connectivity index (χ3n) is 7.34. The lowest BCUT2D eigenvalue weighted by Crippen LogP contribution is -2.13. The van der Waals surface area contributed by atoms with Crippen LogP contribution in [0, 0.1) is 11.8 Å². The maximum Gasteiger partial charge on any atom is 0.305 e. The van der Waals surface area contributed by atoms with Crippen LogP contribution in [0.1, 0.15) is 156 Å². The molecule has 228 valence electrons. The van der Waals surface area contributed by atoms with Crippen LogP contribution in [-0.4, -0.2) is 36.2 Å². The van der Waals surface area contributed by atoms with Gasteiger partial charge in [0.1, 0.15) is 0 Å². The summed E-state index contributed by atoms with van der Waals surface area (Å²) < 4.78 is 11.0. The second-order valence-electron chi connectivity index (χ2n) is 11.1. The maximum absolute atomic E-state index is 12.1. The monoisotopic (exact) mass is 552 g/mol. The zero-order valence-electron chi connectivity index (χ0n) is 25.6. The Morgan fingerprint density at radius 1 is 0.641 bits per heavy atom. The highest BCUT2D eigenvalue weighted by Crippen LogP contribution is 2.17. The van der Waals surface area contributed by atoms with Crippen LogP contribution < -0.4 is 0 Å². The standard InChI is InChI=1S/C33H60O6/c1-4-7-9-10-13-16-22-30(28-39-33(37)26-20-19-24-31(34)35)23-17-14-11-12-15-18-25-32(36)38-27-29(6-3)21-8-5-2/h17,23,29-30H,4-16,18-22,24-28H2,1-3H3,(H,34,35)/b23-17+. The van der Waals surface area contributed by atoms with Gasteiger partial charge in [0, 0.05) is 25.2 Å². The quantitative estimate of drug-likeness (QED) is 0.0591. The third kappa shape index (κ3) is 26.2. The summed E-state index contributed by atoms with van der Waals surface area (Å²) in [5.74, 6) is -0.380. The van der Waals surface area contributed by atoms with Crippen molar-refractivity contribution in [1.82, 2.24) is 0 Å². The molecule has 39 heavy (non-hydrogen) atoms. The topological polar surface area (TPSA) is 89.9 Å². The molecule has 0 amide bonds. The van der Waals surface area contributed by atoms with Crippen LogP contribution in [0.5, 0.6) is 0 Å². The number of ether oxygens (including phenoxy) is 2. The van der Waals surface area contributed by atoms with Crippen LogP contribution >= 0.6 is 0 Å². The molecule has 0 bridgehead atoms. The van der Waals surface area contributed by atoms with Gasteiger partial charge in [-0.1, -0.05) is 104 Å². The first-order chi connectivity index (χ1) is 18.9. The van der Waals surface area contributed by atoms with E-state index < -0.39 is 5.97 Å². The van der Waals surface area contributed by atoms with Crippen molar-refractivity contribution >= 4 is 17.9 Å². The molecule has 1 N–H and O–H groups in total. The fourth-order valence-electron chi connectivity index (χ4n) is 4.59. The van der Waals surface area contributed by atoms with Crippen LogP contribution in [0.25, 0.3) is 0 Å². The zero-order chi connectivity index (χ0) is 29.0. The SMILES string of the molecule is CCCCCCCCC(/C=C/CCCCCCC(=O)OCC(CC)CCCC)COC(=O)CCCCC(=O)O. The minimum Gasteiger partial charge on any atom is -0.481 e. The number of rotatable bonds is 28. The Morgan fingerprint density at radius 2 is 1.21 bits per heavy atom. The predicted molar refractivity (Wildman–Crippen MR) is 160 cm³/mol. The number of carbonyl (C=O) groups excluding carboxylic acids is 2. The van der Waals surface area contributed by atoms with E-state index in [1.54, 1.807) is 0 Å². The Balaban J connectivity index is 4.18. The molecule has 0 heterocycles. The van der Waals surface area contributed by atoms with Crippen LogP contribution in [0.4, 0.5) is 0 Å². The van der Waals surface area contributed by atoms with Crippen molar-refractivity contribution in [3.05, 3.63) is 12.2 Å². The first-order valence-electron chi connectivity index (χ1n) is 16.1. The van der Waals surface area contributed by atoms with Crippen LogP contribution in [0.3, 0.4) is 0 Å². The molecule has 0 aliphatic heterocycles. The molecule has 0 fully saturated rings. The Labute approximate surface area is 239 Å². The summed E-state index contributed by atoms with van der Waals surface area (Å²) in [7, 11) is 0. The molecule has 0 spiro atoms. The van der Waals surface area contributed by atoms with Gasteiger partial charge in [-0.2, -0.15) is 0 Å². The van der Waals surface area contributed by atoms with Crippen LogP contribution in [0.15, 0.2) is 12.2 Å². The summed E-state index contributed by atoms with van der Waals surface area (Å²) in [6.45, 7) is 7.56. The largest absolute Gasteiger partial charge is 0.481 e. The molecule has 0 rings (SSSR count). The number of aliphatic carboxylic acids is 1. The average Bonchev–Trinajstić information content (AvgIpc) is 2.92. The molecule has 0 aromatic carbocycles. The van der Waals surface area contributed by atoms with Gasteiger partial charge < -0.3 is 14.6 Å². The van der Waals surface area contributed by atoms with Crippen molar-refractivity contribution in [3.8, 4) is 0 Å². The van der Waals surface area contributed by atoms with E-state index in [2.05, 4.69) is 32.9 Å². The van der Waals surface area contributed by atoms with Gasteiger partial charge in [0.05, 0.1) is 13.2 Å². The molecule has 6 nitrogen and oxygen atoms in total. The molecule has 0 saturated carbocycles. The van der Waals surface area contributed by atoms with Crippen LogP contribution in [-0.2, 0) is 23.9 Å². The molecular weight excluding hydrogens is 492 g/mol. The number of hydrogen-bond acceptors (Lipinski definition) is 5. The molecule has 2 atom stereocenters. The zero-order valence-corrected chi connectivity index (χ0v) is 25.6. The van der Waals surface area contributed by atoms with E-state index in [1.165, 1.54) is 44.9 Å². The highest BCUT2D eigenvalue weighted by Gasteiger charge is 2.11. The Bertz CT molecular complexity index is 630. The normalized spacial score (nSPS) is 12.9. The first-order valence-corrected chi connectivity index (χ1v) is 16.1. The van der Waals surface area contributed by atoms with E-state index in [0.29, 0.717) is 38.4 Å². The number of carbonyl (C=O) groups is 3. The molecule has 0 saturated heterocycles. The molecule has 0 aliphatic carbocycles. The summed E-state index contributed by atoms with van der Waals surface area (Å²) in [4.78, 5) is 34.7. The van der Waals surface area contributed by atoms with E-state index >= 15 is 0 Å². The summed E-state index contributed by atoms with van der Waals surface area (Å²) >= 11 is 0. The van der Waals surface area contributed by atoms with Crippen molar-refractivity contribution in [2.45, 2.75) is 156 Å². The second-order valence-corrected chi connectivity index (χ2v) is 11.1. The number of allylic oxidation sites excluding steroid dienone is 1. The molecule has 0 radical (unpaired) electrons. The minimum atomic E-state index is -0.826. The fourth-order valence-corrected chi connectivity index (χ4v) is 4.59. The number of carboxylic acid groups (broad SMARTS) is 1. The minimum absolute atomic E-state index is 0.0567. The lowest BCUT2D eigenvalue weighted by Gasteiger charge is -2.14. The molecule has 2 unspecified atom stereocenters. The van der Waals surface area contributed by atoms with Gasteiger partial charge >= 0.3 is 17.9 Å². The van der Waals surface area contributed by atoms with Crippen molar-refractivity contribution in [3.63, 3.8) is 0 Å². The lowest BCUT2D eigenvalue weighted by atomic mass is 9.99. The Hall–Kier alpha value is -1.85. The summed E-state index contributed by atoms with van der Waals surface area (Å²) in [5, 5.41) is 8.71.